The molecule has 2 amide bonds. The van der Waals surface area contributed by atoms with Crippen LogP contribution in [0, 0.1) is 5.92 Å². The third-order valence-corrected chi connectivity index (χ3v) is 12.0. The van der Waals surface area contributed by atoms with Crippen molar-refractivity contribution in [3.05, 3.63) is 167 Å². The van der Waals surface area contributed by atoms with Crippen LogP contribution in [0.25, 0.3) is 11.1 Å². The Morgan fingerprint density at radius 3 is 1.62 bits per heavy atom. The van der Waals surface area contributed by atoms with E-state index in [1.54, 1.807) is 6.92 Å². The Balaban J connectivity index is 1.24. The molecule has 0 saturated carbocycles. The number of carboxylic acids is 1. The summed E-state index contributed by atoms with van der Waals surface area (Å²) in [6, 6.07) is 44.2. The van der Waals surface area contributed by atoms with Crippen molar-refractivity contribution in [3.63, 3.8) is 0 Å². The molecule has 0 fully saturated rings. The molecule has 5 aromatic carbocycles. The minimum absolute atomic E-state index is 0.0891. The lowest BCUT2D eigenvalue weighted by molar-refractivity contribution is -0.150. The highest BCUT2D eigenvalue weighted by Gasteiger charge is 2.42. The van der Waals surface area contributed by atoms with Gasteiger partial charge in [0.1, 0.15) is 18.7 Å². The molecule has 0 saturated heterocycles. The van der Waals surface area contributed by atoms with Crippen LogP contribution in [-0.2, 0) is 19.1 Å². The van der Waals surface area contributed by atoms with Gasteiger partial charge in [-0.05, 0) is 51.8 Å². The fraction of sp³-hybridized carbons (Fsp3) is 0.267. The number of amides is 2. The first-order valence-electron chi connectivity index (χ1n) is 18.2. The fourth-order valence-electron chi connectivity index (χ4n) is 7.43. The zero-order valence-corrected chi connectivity index (χ0v) is 31.2. The number of carbonyl (C=O) groups excluding carboxylic acids is 2. The van der Waals surface area contributed by atoms with Gasteiger partial charge in [0.15, 0.2) is 0 Å². The van der Waals surface area contributed by atoms with E-state index in [9.17, 15) is 19.5 Å². The largest absolute Gasteiger partial charge is 0.480 e. The molecule has 0 aliphatic heterocycles. The maximum atomic E-state index is 14.5. The van der Waals surface area contributed by atoms with Crippen LogP contribution < -0.4 is 5.32 Å². The minimum Gasteiger partial charge on any atom is -0.480 e. The van der Waals surface area contributed by atoms with Crippen molar-refractivity contribution in [1.29, 1.82) is 0 Å². The smallest absolute Gasteiger partial charge is 0.407 e. The molecule has 6 rings (SSSR count). The molecular weight excluding hydrogens is 681 g/mol. The number of thioether (sulfide) groups is 1. The highest BCUT2D eigenvalue weighted by Crippen LogP contribution is 2.49. The summed E-state index contributed by atoms with van der Waals surface area (Å²) in [7, 11) is 0. The fourth-order valence-corrected chi connectivity index (χ4v) is 9.06. The molecule has 0 heterocycles. The van der Waals surface area contributed by atoms with E-state index < -0.39 is 34.8 Å². The molecule has 7 nitrogen and oxygen atoms in total. The highest BCUT2D eigenvalue weighted by molar-refractivity contribution is 8.00. The first kappa shape index (κ1) is 37.4. The third-order valence-electron chi connectivity index (χ3n) is 10.4. The van der Waals surface area contributed by atoms with Gasteiger partial charge in [0.2, 0.25) is 5.91 Å². The van der Waals surface area contributed by atoms with Gasteiger partial charge < -0.3 is 20.1 Å². The Bertz CT molecular complexity index is 1860. The summed E-state index contributed by atoms with van der Waals surface area (Å²) in [5.41, 5.74) is 7.41. The van der Waals surface area contributed by atoms with E-state index in [0.717, 1.165) is 38.9 Å². The molecule has 0 aromatic heterocycles. The van der Waals surface area contributed by atoms with Crippen molar-refractivity contribution < 1.29 is 24.2 Å². The average molecular weight is 727 g/mol. The monoisotopic (exact) mass is 726 g/mol. The topological polar surface area (TPSA) is 95.9 Å². The number of hydrogen-bond donors (Lipinski definition) is 2. The highest BCUT2D eigenvalue weighted by atomic mass is 32.2. The quantitative estimate of drug-likeness (QED) is 0.105. The predicted molar refractivity (Wildman–Crippen MR) is 212 cm³/mol. The van der Waals surface area contributed by atoms with E-state index in [1.807, 2.05) is 92.7 Å². The van der Waals surface area contributed by atoms with E-state index >= 15 is 0 Å². The summed E-state index contributed by atoms with van der Waals surface area (Å²) in [6.07, 6.45) is -0.123. The molecule has 272 valence electrons. The first-order chi connectivity index (χ1) is 25.8. The number of alkyl carbamates (subject to hydrolysis) is 1. The molecule has 0 radical (unpaired) electrons. The number of aliphatic carboxylic acids is 1. The van der Waals surface area contributed by atoms with Crippen LogP contribution in [0.5, 0.6) is 0 Å². The number of hydrogen-bond acceptors (Lipinski definition) is 5. The molecule has 5 aromatic rings. The van der Waals surface area contributed by atoms with E-state index in [-0.39, 0.29) is 30.7 Å². The van der Waals surface area contributed by atoms with Gasteiger partial charge in [-0.25, -0.2) is 9.59 Å². The zero-order chi connectivity index (χ0) is 37.4. The Labute approximate surface area is 316 Å². The second-order valence-corrected chi connectivity index (χ2v) is 14.6. The van der Waals surface area contributed by atoms with Gasteiger partial charge in [0, 0.05) is 18.2 Å². The van der Waals surface area contributed by atoms with Crippen molar-refractivity contribution >= 4 is 29.7 Å². The molecule has 8 heteroatoms. The third kappa shape index (κ3) is 7.74. The number of benzene rings is 5. The maximum absolute atomic E-state index is 14.5. The SMILES string of the molecule is CC[C@H](C)[C@H](NC(=O)OCC1c2ccccc2-c2ccccc21)C(=O)N(CC)[C@@H](CSC(c1ccccc1)(c1ccccc1)c1ccccc1)C(=O)O. The van der Waals surface area contributed by atoms with Crippen LogP contribution in [0.2, 0.25) is 0 Å². The summed E-state index contributed by atoms with van der Waals surface area (Å²) in [5.74, 6) is -1.89. The number of nitrogens with one attached hydrogen (secondary N) is 1. The van der Waals surface area contributed by atoms with E-state index in [2.05, 4.69) is 66.0 Å². The van der Waals surface area contributed by atoms with Gasteiger partial charge in [-0.2, -0.15) is 0 Å². The van der Waals surface area contributed by atoms with Gasteiger partial charge in [0.25, 0.3) is 0 Å². The van der Waals surface area contributed by atoms with Crippen LogP contribution in [-0.4, -0.2) is 59.0 Å². The number of ether oxygens (including phenoxy) is 1. The zero-order valence-electron chi connectivity index (χ0n) is 30.4. The average Bonchev–Trinajstić information content (AvgIpc) is 3.53. The Morgan fingerprint density at radius 2 is 1.19 bits per heavy atom. The second kappa shape index (κ2) is 17.0. The minimum atomic E-state index is -1.18. The Kier molecular flexibility index (Phi) is 12.0. The van der Waals surface area contributed by atoms with Gasteiger partial charge in [-0.1, -0.05) is 160 Å². The molecule has 0 spiro atoms. The predicted octanol–water partition coefficient (Wildman–Crippen LogP) is 8.97. The number of rotatable bonds is 15. The summed E-state index contributed by atoms with van der Waals surface area (Å²) in [4.78, 5) is 42.5. The molecular formula is C45H46N2O5S. The summed E-state index contributed by atoms with van der Waals surface area (Å²) in [6.45, 7) is 5.85. The van der Waals surface area contributed by atoms with Gasteiger partial charge in [-0.3, -0.25) is 4.79 Å². The molecule has 3 atom stereocenters. The second-order valence-electron chi connectivity index (χ2n) is 13.4. The lowest BCUT2D eigenvalue weighted by Gasteiger charge is -2.38. The number of fused-ring (bicyclic) bond motifs is 3. The van der Waals surface area contributed by atoms with Crippen molar-refractivity contribution in [3.8, 4) is 11.1 Å². The maximum Gasteiger partial charge on any atom is 0.407 e. The van der Waals surface area contributed by atoms with Crippen molar-refractivity contribution in [2.75, 3.05) is 18.9 Å². The molecule has 1 aliphatic rings. The van der Waals surface area contributed by atoms with Crippen LogP contribution >= 0.6 is 11.8 Å². The molecule has 0 unspecified atom stereocenters. The summed E-state index contributed by atoms with van der Waals surface area (Å²) < 4.78 is 5.07. The van der Waals surface area contributed by atoms with Crippen molar-refractivity contribution in [1.82, 2.24) is 10.2 Å². The molecule has 2 N–H and O–H groups in total. The van der Waals surface area contributed by atoms with Gasteiger partial charge >= 0.3 is 12.1 Å². The lowest BCUT2D eigenvalue weighted by Crippen LogP contribution is -2.57. The number of likely N-dealkylation sites (N-methyl/N-ethyl adjacent to an activating group) is 1. The molecule has 53 heavy (non-hydrogen) atoms. The first-order valence-corrected chi connectivity index (χ1v) is 19.2. The number of carbonyl (C=O) groups is 3. The number of carboxylic acid groups (broad SMARTS) is 1. The van der Waals surface area contributed by atoms with Gasteiger partial charge in [-0.15, -0.1) is 11.8 Å². The lowest BCUT2D eigenvalue weighted by atomic mass is 9.84. The van der Waals surface area contributed by atoms with Crippen LogP contribution in [0.15, 0.2) is 140 Å². The Morgan fingerprint density at radius 1 is 0.736 bits per heavy atom. The van der Waals surface area contributed by atoms with Crippen LogP contribution in [0.3, 0.4) is 0 Å². The number of nitrogens with zero attached hydrogens (tertiary/aromatic N) is 1. The van der Waals surface area contributed by atoms with Crippen molar-refractivity contribution in [2.24, 2.45) is 5.92 Å². The van der Waals surface area contributed by atoms with Crippen LogP contribution in [0.1, 0.15) is 60.9 Å². The van der Waals surface area contributed by atoms with E-state index in [0.29, 0.717) is 6.42 Å². The van der Waals surface area contributed by atoms with Crippen molar-refractivity contribution in [2.45, 2.75) is 49.9 Å². The Hall–Kier alpha value is -5.34. The standard InChI is InChI=1S/C45H46N2O5S/c1-4-31(3)41(46-44(51)52-29-39-37-27-17-15-25-35(37)36-26-16-18-28-38(36)39)42(48)47(5-2)40(43(49)50)30-53-45(32-19-9-6-10-20-32,33-21-11-7-12-22-33)34-23-13-8-14-24-34/h6-28,31,39-41H,4-5,29-30H2,1-3H3,(H,46,51)(H,49,50)/t31-,40-,41-/m0/s1. The normalized spacial score (nSPS) is 13.9. The summed E-state index contributed by atoms with van der Waals surface area (Å²) in [5, 5.41) is 13.6. The van der Waals surface area contributed by atoms with E-state index in [1.165, 1.54) is 16.7 Å². The van der Waals surface area contributed by atoms with Gasteiger partial charge in [0.05, 0.1) is 4.75 Å². The molecule has 1 aliphatic carbocycles. The summed E-state index contributed by atoms with van der Waals surface area (Å²) >= 11 is 1.49. The van der Waals surface area contributed by atoms with Crippen LogP contribution in [0.4, 0.5) is 4.79 Å². The van der Waals surface area contributed by atoms with E-state index in [4.69, 9.17) is 4.74 Å². The molecule has 0 bridgehead atoms.